The van der Waals surface area contributed by atoms with Crippen molar-refractivity contribution in [2.45, 2.75) is 25.4 Å². The molecule has 7 heteroatoms. The zero-order chi connectivity index (χ0) is 13.2. The number of nitro groups is 1. The third-order valence-electron chi connectivity index (χ3n) is 2.93. The molecule has 0 unspecified atom stereocenters. The number of nitro benzene ring substituents is 1. The molecule has 1 saturated carbocycles. The first-order valence-corrected chi connectivity index (χ1v) is 6.04. The van der Waals surface area contributed by atoms with Gasteiger partial charge in [0.2, 0.25) is 0 Å². The van der Waals surface area contributed by atoms with Gasteiger partial charge >= 0.3 is 0 Å². The third kappa shape index (κ3) is 2.60. The maximum absolute atomic E-state index is 10.9. The van der Waals surface area contributed by atoms with E-state index in [4.69, 9.17) is 4.52 Å². The zero-order valence-corrected chi connectivity index (χ0v) is 10.1. The fourth-order valence-electron chi connectivity index (χ4n) is 1.77. The normalized spacial score (nSPS) is 14.5. The molecule has 0 spiro atoms. The number of aromatic nitrogens is 2. The average Bonchev–Trinajstić information content (AvgIpc) is 3.13. The molecular weight excluding hydrogens is 248 g/mol. The van der Waals surface area contributed by atoms with Gasteiger partial charge in [-0.05, 0) is 18.9 Å². The van der Waals surface area contributed by atoms with Gasteiger partial charge in [-0.15, -0.1) is 0 Å². The van der Waals surface area contributed by atoms with Crippen LogP contribution in [-0.4, -0.2) is 21.1 Å². The summed E-state index contributed by atoms with van der Waals surface area (Å²) in [6, 6.07) is 6.88. The first kappa shape index (κ1) is 11.8. The highest BCUT2D eigenvalue weighted by Crippen LogP contribution is 2.28. The zero-order valence-electron chi connectivity index (χ0n) is 10.1. The standard InChI is InChI=1S/C12H12N4O3/c17-16(18)10-4-2-1-3-9(10)12-14-11(15-19-12)7-13-8-5-6-8/h1-4,8,13H,5-7H2. The predicted octanol–water partition coefficient (Wildman–Crippen LogP) is 1.90. The van der Waals surface area contributed by atoms with Gasteiger partial charge in [0.15, 0.2) is 5.82 Å². The van der Waals surface area contributed by atoms with Crippen molar-refractivity contribution in [3.8, 4) is 11.5 Å². The van der Waals surface area contributed by atoms with Crippen molar-refractivity contribution in [3.05, 3.63) is 40.2 Å². The van der Waals surface area contributed by atoms with Crippen LogP contribution in [0, 0.1) is 10.1 Å². The summed E-state index contributed by atoms with van der Waals surface area (Å²) in [6.07, 6.45) is 2.35. The molecule has 1 aromatic heterocycles. The number of rotatable bonds is 5. The Balaban J connectivity index is 1.83. The van der Waals surface area contributed by atoms with Gasteiger partial charge in [-0.2, -0.15) is 4.98 Å². The SMILES string of the molecule is O=[N+]([O-])c1ccccc1-c1nc(CNC2CC2)no1. The molecule has 19 heavy (non-hydrogen) atoms. The molecule has 1 aliphatic carbocycles. The van der Waals surface area contributed by atoms with E-state index in [-0.39, 0.29) is 11.6 Å². The van der Waals surface area contributed by atoms with E-state index in [1.165, 1.54) is 18.9 Å². The minimum absolute atomic E-state index is 0.0344. The maximum atomic E-state index is 10.9. The van der Waals surface area contributed by atoms with E-state index in [2.05, 4.69) is 15.5 Å². The first-order valence-electron chi connectivity index (χ1n) is 6.04. The predicted molar refractivity (Wildman–Crippen MR) is 66.3 cm³/mol. The lowest BCUT2D eigenvalue weighted by atomic mass is 10.2. The molecule has 0 bridgehead atoms. The molecule has 0 atom stereocenters. The number of nitrogens with zero attached hydrogens (tertiary/aromatic N) is 3. The smallest absolute Gasteiger partial charge is 0.282 e. The van der Waals surface area contributed by atoms with E-state index in [1.807, 2.05) is 0 Å². The van der Waals surface area contributed by atoms with Crippen molar-refractivity contribution in [3.63, 3.8) is 0 Å². The van der Waals surface area contributed by atoms with Gasteiger partial charge in [-0.3, -0.25) is 10.1 Å². The minimum Gasteiger partial charge on any atom is -0.334 e. The van der Waals surface area contributed by atoms with Crippen molar-refractivity contribution in [1.29, 1.82) is 0 Å². The van der Waals surface area contributed by atoms with E-state index in [1.54, 1.807) is 18.2 Å². The Morgan fingerprint density at radius 2 is 2.21 bits per heavy atom. The molecular formula is C12H12N4O3. The van der Waals surface area contributed by atoms with E-state index in [0.29, 0.717) is 24.0 Å². The van der Waals surface area contributed by atoms with Gasteiger partial charge in [0, 0.05) is 12.1 Å². The minimum atomic E-state index is -0.457. The molecule has 2 aromatic rings. The fourth-order valence-corrected chi connectivity index (χ4v) is 1.77. The van der Waals surface area contributed by atoms with Crippen LogP contribution < -0.4 is 5.32 Å². The van der Waals surface area contributed by atoms with E-state index in [9.17, 15) is 10.1 Å². The summed E-state index contributed by atoms with van der Waals surface area (Å²) in [4.78, 5) is 14.7. The lowest BCUT2D eigenvalue weighted by Crippen LogP contribution is -2.16. The fraction of sp³-hybridized carbons (Fsp3) is 0.333. The van der Waals surface area contributed by atoms with Gasteiger partial charge in [-0.25, -0.2) is 0 Å². The highest BCUT2D eigenvalue weighted by molar-refractivity contribution is 5.66. The van der Waals surface area contributed by atoms with Crippen molar-refractivity contribution >= 4 is 5.69 Å². The van der Waals surface area contributed by atoms with Gasteiger partial charge in [0.25, 0.3) is 11.6 Å². The molecule has 1 heterocycles. The lowest BCUT2D eigenvalue weighted by Gasteiger charge is -1.96. The van der Waals surface area contributed by atoms with Crippen LogP contribution in [0.25, 0.3) is 11.5 Å². The molecule has 1 aliphatic rings. The molecule has 3 rings (SSSR count). The maximum Gasteiger partial charge on any atom is 0.282 e. The molecule has 98 valence electrons. The topological polar surface area (TPSA) is 94.1 Å². The van der Waals surface area contributed by atoms with Crippen LogP contribution in [0.1, 0.15) is 18.7 Å². The molecule has 1 fully saturated rings. The Kier molecular flexibility index (Phi) is 2.96. The van der Waals surface area contributed by atoms with Crippen LogP contribution in [0.15, 0.2) is 28.8 Å². The summed E-state index contributed by atoms with van der Waals surface area (Å²) < 4.78 is 5.09. The Bertz CT molecular complexity index is 607. The number of benzene rings is 1. The summed E-state index contributed by atoms with van der Waals surface area (Å²) in [5.74, 6) is 0.694. The van der Waals surface area contributed by atoms with Gasteiger partial charge < -0.3 is 9.84 Å². The van der Waals surface area contributed by atoms with E-state index >= 15 is 0 Å². The van der Waals surface area contributed by atoms with E-state index in [0.717, 1.165) is 0 Å². The molecule has 0 saturated heterocycles. The van der Waals surface area contributed by atoms with Crippen LogP contribution in [0.2, 0.25) is 0 Å². The van der Waals surface area contributed by atoms with Crippen molar-refractivity contribution < 1.29 is 9.45 Å². The second-order valence-corrected chi connectivity index (χ2v) is 4.45. The van der Waals surface area contributed by atoms with Crippen LogP contribution in [0.3, 0.4) is 0 Å². The average molecular weight is 260 g/mol. The molecule has 7 nitrogen and oxygen atoms in total. The van der Waals surface area contributed by atoms with Gasteiger partial charge in [-0.1, -0.05) is 17.3 Å². The number of hydrogen-bond acceptors (Lipinski definition) is 6. The second kappa shape index (κ2) is 4.77. The molecule has 0 amide bonds. The summed E-state index contributed by atoms with van der Waals surface area (Å²) in [5.41, 5.74) is 0.311. The van der Waals surface area contributed by atoms with Crippen LogP contribution in [0.5, 0.6) is 0 Å². The largest absolute Gasteiger partial charge is 0.334 e. The number of para-hydroxylation sites is 1. The van der Waals surface area contributed by atoms with Crippen molar-refractivity contribution in [2.75, 3.05) is 0 Å². The van der Waals surface area contributed by atoms with Crippen LogP contribution >= 0.6 is 0 Å². The quantitative estimate of drug-likeness (QED) is 0.651. The highest BCUT2D eigenvalue weighted by atomic mass is 16.6. The van der Waals surface area contributed by atoms with Crippen molar-refractivity contribution in [2.24, 2.45) is 0 Å². The summed E-state index contributed by atoms with van der Waals surface area (Å²) in [5, 5.41) is 18.0. The summed E-state index contributed by atoms with van der Waals surface area (Å²) >= 11 is 0. The molecule has 0 aliphatic heterocycles. The van der Waals surface area contributed by atoms with Crippen molar-refractivity contribution in [1.82, 2.24) is 15.5 Å². The summed E-state index contributed by atoms with van der Waals surface area (Å²) in [7, 11) is 0. The number of hydrogen-bond donors (Lipinski definition) is 1. The Morgan fingerprint density at radius 1 is 1.42 bits per heavy atom. The first-order chi connectivity index (χ1) is 9.24. The Hall–Kier alpha value is -2.28. The Labute approximate surface area is 108 Å². The monoisotopic (exact) mass is 260 g/mol. The van der Waals surface area contributed by atoms with E-state index < -0.39 is 4.92 Å². The molecule has 1 N–H and O–H groups in total. The molecule has 1 aromatic carbocycles. The number of nitrogens with one attached hydrogen (secondary N) is 1. The van der Waals surface area contributed by atoms with Crippen LogP contribution in [-0.2, 0) is 6.54 Å². The summed E-state index contributed by atoms with van der Waals surface area (Å²) in [6.45, 7) is 0.523. The van der Waals surface area contributed by atoms with Gasteiger partial charge in [0.05, 0.1) is 11.5 Å². The lowest BCUT2D eigenvalue weighted by molar-refractivity contribution is -0.384. The highest BCUT2D eigenvalue weighted by Gasteiger charge is 2.22. The third-order valence-corrected chi connectivity index (χ3v) is 2.93. The van der Waals surface area contributed by atoms with Gasteiger partial charge in [0.1, 0.15) is 5.56 Å². The van der Waals surface area contributed by atoms with Crippen LogP contribution in [0.4, 0.5) is 5.69 Å². The molecule has 0 radical (unpaired) electrons. The Morgan fingerprint density at radius 3 is 2.95 bits per heavy atom. The second-order valence-electron chi connectivity index (χ2n) is 4.45.